The number of amides is 1. The number of rotatable bonds is 3. The highest BCUT2D eigenvalue weighted by atomic mass is 16.5. The van der Waals surface area contributed by atoms with Crippen molar-refractivity contribution >= 4 is 11.9 Å². The molecule has 0 aromatic carbocycles. The van der Waals surface area contributed by atoms with Crippen LogP contribution in [0.4, 0.5) is 0 Å². The van der Waals surface area contributed by atoms with Crippen molar-refractivity contribution in [2.75, 3.05) is 33.3 Å². The number of esters is 1. The van der Waals surface area contributed by atoms with E-state index in [0.29, 0.717) is 13.2 Å². The molecule has 1 saturated heterocycles. The van der Waals surface area contributed by atoms with Gasteiger partial charge in [-0.2, -0.15) is 0 Å². The maximum absolute atomic E-state index is 12.8. The van der Waals surface area contributed by atoms with Crippen LogP contribution in [-0.4, -0.2) is 61.0 Å². The molecule has 0 spiro atoms. The summed E-state index contributed by atoms with van der Waals surface area (Å²) in [4.78, 5) is 29.0. The number of hydrogen-bond donors (Lipinski definition) is 0. The molecule has 116 valence electrons. The molecular formula is C15H28N2O3. The van der Waals surface area contributed by atoms with Gasteiger partial charge in [-0.15, -0.1) is 0 Å². The van der Waals surface area contributed by atoms with Gasteiger partial charge in [-0.3, -0.25) is 9.59 Å². The third kappa shape index (κ3) is 3.95. The highest BCUT2D eigenvalue weighted by Gasteiger charge is 2.42. The van der Waals surface area contributed by atoms with Crippen molar-refractivity contribution < 1.29 is 14.3 Å². The standard InChI is InChI=1S/C15H28N2O3/c1-7-20-14(19)12(15(3,4)5)13(18)17-9-8-16(6)10-11(17)2/h11-12H,7-10H2,1-6H3. The molecule has 1 heterocycles. The summed E-state index contributed by atoms with van der Waals surface area (Å²) in [6, 6.07) is 0.125. The Hall–Kier alpha value is -1.10. The Balaban J connectivity index is 2.91. The predicted octanol–water partition coefficient (Wildman–Crippen LogP) is 1.37. The molecule has 5 nitrogen and oxygen atoms in total. The molecule has 0 saturated carbocycles. The van der Waals surface area contributed by atoms with Gasteiger partial charge in [-0.25, -0.2) is 0 Å². The van der Waals surface area contributed by atoms with E-state index in [1.165, 1.54) is 0 Å². The van der Waals surface area contributed by atoms with Crippen LogP contribution in [0.2, 0.25) is 0 Å². The average molecular weight is 284 g/mol. The number of carbonyl (C=O) groups is 2. The third-order valence-electron chi connectivity index (χ3n) is 3.75. The summed E-state index contributed by atoms with van der Waals surface area (Å²) in [5.41, 5.74) is -0.438. The Morgan fingerprint density at radius 1 is 1.30 bits per heavy atom. The first-order valence-electron chi connectivity index (χ1n) is 7.34. The van der Waals surface area contributed by atoms with Crippen LogP contribution in [0.3, 0.4) is 0 Å². The zero-order valence-corrected chi connectivity index (χ0v) is 13.6. The average Bonchev–Trinajstić information content (AvgIpc) is 2.26. The molecule has 0 bridgehead atoms. The lowest BCUT2D eigenvalue weighted by Crippen LogP contribution is -2.56. The van der Waals surface area contributed by atoms with Crippen LogP contribution in [-0.2, 0) is 14.3 Å². The van der Waals surface area contributed by atoms with Gasteiger partial charge >= 0.3 is 5.97 Å². The van der Waals surface area contributed by atoms with Gasteiger partial charge in [0.05, 0.1) is 6.61 Å². The maximum Gasteiger partial charge on any atom is 0.319 e. The molecule has 2 atom stereocenters. The number of piperazine rings is 1. The highest BCUT2D eigenvalue weighted by molar-refractivity contribution is 5.98. The molecule has 0 N–H and O–H groups in total. The summed E-state index contributed by atoms with van der Waals surface area (Å²) in [5, 5.41) is 0. The first-order valence-corrected chi connectivity index (χ1v) is 7.34. The zero-order chi connectivity index (χ0) is 15.5. The van der Waals surface area contributed by atoms with Crippen LogP contribution in [0.1, 0.15) is 34.6 Å². The van der Waals surface area contributed by atoms with Crippen molar-refractivity contribution in [3.05, 3.63) is 0 Å². The van der Waals surface area contributed by atoms with Crippen molar-refractivity contribution in [3.63, 3.8) is 0 Å². The minimum Gasteiger partial charge on any atom is -0.465 e. The molecule has 5 heteroatoms. The number of likely N-dealkylation sites (N-methyl/N-ethyl adjacent to an activating group) is 1. The first-order chi connectivity index (χ1) is 9.18. The van der Waals surface area contributed by atoms with Crippen LogP contribution in [0.5, 0.6) is 0 Å². The molecule has 0 aromatic rings. The molecular weight excluding hydrogens is 256 g/mol. The molecule has 1 aliphatic rings. The smallest absolute Gasteiger partial charge is 0.319 e. The number of hydrogen-bond acceptors (Lipinski definition) is 4. The van der Waals surface area contributed by atoms with E-state index in [1.54, 1.807) is 6.92 Å². The summed E-state index contributed by atoms with van der Waals surface area (Å²) < 4.78 is 5.10. The van der Waals surface area contributed by atoms with Gasteiger partial charge in [0.2, 0.25) is 5.91 Å². The highest BCUT2D eigenvalue weighted by Crippen LogP contribution is 2.30. The molecule has 1 fully saturated rings. The Kier molecular flexibility index (Phi) is 5.57. The van der Waals surface area contributed by atoms with E-state index in [4.69, 9.17) is 4.74 Å². The molecule has 0 aliphatic carbocycles. The lowest BCUT2D eigenvalue weighted by atomic mass is 9.79. The van der Waals surface area contributed by atoms with Crippen molar-refractivity contribution in [2.24, 2.45) is 11.3 Å². The van der Waals surface area contributed by atoms with Gasteiger partial charge in [0.1, 0.15) is 5.92 Å². The van der Waals surface area contributed by atoms with Gasteiger partial charge in [-0.05, 0) is 26.3 Å². The lowest BCUT2D eigenvalue weighted by molar-refractivity contribution is -0.162. The fraction of sp³-hybridized carbons (Fsp3) is 0.867. The Labute approximate surface area is 122 Å². The molecule has 0 aromatic heterocycles. The van der Waals surface area contributed by atoms with Crippen molar-refractivity contribution in [1.82, 2.24) is 9.80 Å². The zero-order valence-electron chi connectivity index (χ0n) is 13.6. The van der Waals surface area contributed by atoms with Crippen molar-refractivity contribution in [3.8, 4) is 0 Å². The quantitative estimate of drug-likeness (QED) is 0.580. The molecule has 1 amide bonds. The fourth-order valence-corrected chi connectivity index (χ4v) is 2.68. The van der Waals surface area contributed by atoms with E-state index in [9.17, 15) is 9.59 Å². The van der Waals surface area contributed by atoms with Crippen LogP contribution in [0.25, 0.3) is 0 Å². The van der Waals surface area contributed by atoms with E-state index in [-0.39, 0.29) is 11.9 Å². The molecule has 20 heavy (non-hydrogen) atoms. The predicted molar refractivity (Wildman–Crippen MR) is 78.3 cm³/mol. The van der Waals surface area contributed by atoms with E-state index >= 15 is 0 Å². The topological polar surface area (TPSA) is 49.9 Å². The first kappa shape index (κ1) is 17.0. The second kappa shape index (κ2) is 6.57. The van der Waals surface area contributed by atoms with E-state index in [0.717, 1.165) is 13.1 Å². The normalized spacial score (nSPS) is 22.5. The summed E-state index contributed by atoms with van der Waals surface area (Å²) in [7, 11) is 2.05. The van der Waals surface area contributed by atoms with Gasteiger partial charge in [0.25, 0.3) is 0 Å². The molecule has 2 unspecified atom stereocenters. The summed E-state index contributed by atoms with van der Waals surface area (Å²) in [6.07, 6.45) is 0. The van der Waals surface area contributed by atoms with Gasteiger partial charge < -0.3 is 14.5 Å². The second-order valence-electron chi connectivity index (χ2n) is 6.69. The minimum atomic E-state index is -0.728. The maximum atomic E-state index is 12.8. The van der Waals surface area contributed by atoms with E-state index in [1.807, 2.05) is 39.6 Å². The summed E-state index contributed by atoms with van der Waals surface area (Å²) in [6.45, 7) is 12.2. The number of ether oxygens (including phenoxy) is 1. The van der Waals surface area contributed by atoms with Crippen LogP contribution >= 0.6 is 0 Å². The van der Waals surface area contributed by atoms with Crippen LogP contribution in [0.15, 0.2) is 0 Å². The molecule has 1 aliphatic heterocycles. The van der Waals surface area contributed by atoms with E-state index in [2.05, 4.69) is 4.90 Å². The number of carbonyl (C=O) groups excluding carboxylic acids is 2. The lowest BCUT2D eigenvalue weighted by Gasteiger charge is -2.41. The minimum absolute atomic E-state index is 0.100. The van der Waals surface area contributed by atoms with Crippen LogP contribution < -0.4 is 0 Å². The monoisotopic (exact) mass is 284 g/mol. The third-order valence-corrected chi connectivity index (χ3v) is 3.75. The van der Waals surface area contributed by atoms with Gasteiger partial charge in [0.15, 0.2) is 0 Å². The Morgan fingerprint density at radius 2 is 1.90 bits per heavy atom. The van der Waals surface area contributed by atoms with Crippen LogP contribution in [0, 0.1) is 11.3 Å². The SMILES string of the molecule is CCOC(=O)C(C(=O)N1CCN(C)CC1C)C(C)(C)C. The largest absolute Gasteiger partial charge is 0.465 e. The molecule has 0 radical (unpaired) electrons. The summed E-state index contributed by atoms with van der Waals surface area (Å²) >= 11 is 0. The van der Waals surface area contributed by atoms with Gasteiger partial charge in [0, 0.05) is 25.7 Å². The summed E-state index contributed by atoms with van der Waals surface area (Å²) in [5.74, 6) is -1.24. The van der Waals surface area contributed by atoms with Crippen molar-refractivity contribution in [2.45, 2.75) is 40.7 Å². The fourth-order valence-electron chi connectivity index (χ4n) is 2.68. The Bertz CT molecular complexity index is 363. The van der Waals surface area contributed by atoms with Crippen molar-refractivity contribution in [1.29, 1.82) is 0 Å². The van der Waals surface area contributed by atoms with E-state index < -0.39 is 17.3 Å². The number of nitrogens with zero attached hydrogens (tertiary/aromatic N) is 2. The second-order valence-corrected chi connectivity index (χ2v) is 6.69. The Morgan fingerprint density at radius 3 is 2.35 bits per heavy atom. The van der Waals surface area contributed by atoms with Gasteiger partial charge in [-0.1, -0.05) is 20.8 Å². The molecule has 1 rings (SSSR count).